The topological polar surface area (TPSA) is 64.8 Å². The Morgan fingerprint density at radius 3 is 2.95 bits per heavy atom. The average Bonchev–Trinajstić information content (AvgIpc) is 2.56. The molecule has 1 N–H and O–H groups in total. The third kappa shape index (κ3) is 3.35. The molecule has 1 aromatic heterocycles. The Morgan fingerprint density at radius 1 is 1.27 bits per heavy atom. The summed E-state index contributed by atoms with van der Waals surface area (Å²) >= 11 is 6.23. The lowest BCUT2D eigenvalue weighted by atomic mass is 10.00. The molecule has 0 fully saturated rings. The summed E-state index contributed by atoms with van der Waals surface area (Å²) in [6.07, 6.45) is 0.992. The van der Waals surface area contributed by atoms with Crippen LogP contribution >= 0.6 is 11.6 Å². The summed E-state index contributed by atoms with van der Waals surface area (Å²) in [5, 5.41) is 20.6. The molecule has 0 aliphatic carbocycles. The van der Waals surface area contributed by atoms with Crippen LogP contribution in [0, 0.1) is 11.3 Å². The fraction of sp³-hybridized carbons (Fsp3) is 0.312. The molecule has 1 aliphatic rings. The van der Waals surface area contributed by atoms with E-state index in [1.54, 1.807) is 12.1 Å². The van der Waals surface area contributed by atoms with Crippen LogP contribution in [0.3, 0.4) is 0 Å². The molecule has 2 heterocycles. The van der Waals surface area contributed by atoms with Gasteiger partial charge in [0.2, 0.25) is 0 Å². The molecule has 0 saturated carbocycles. The SMILES string of the molecule is N#Cc1ccc(NCCN2CCc3c(Cl)cccc3C2)nn1. The molecule has 5 nitrogen and oxygen atoms in total. The van der Waals surface area contributed by atoms with Gasteiger partial charge in [-0.25, -0.2) is 0 Å². The zero-order valence-corrected chi connectivity index (χ0v) is 12.8. The van der Waals surface area contributed by atoms with Crippen molar-refractivity contribution in [1.82, 2.24) is 15.1 Å². The molecule has 0 bridgehead atoms. The number of aromatic nitrogens is 2. The molecule has 1 aromatic carbocycles. The standard InChI is InChI=1S/C16H16ClN5/c17-15-3-1-2-12-11-22(8-6-14(12)15)9-7-19-16-5-4-13(10-18)20-21-16/h1-5H,6-9,11H2,(H,19,21). The number of nitriles is 1. The number of nitrogens with zero attached hydrogens (tertiary/aromatic N) is 4. The molecular weight excluding hydrogens is 298 g/mol. The number of halogens is 1. The molecule has 1 aliphatic heterocycles. The van der Waals surface area contributed by atoms with Gasteiger partial charge < -0.3 is 5.32 Å². The van der Waals surface area contributed by atoms with Crippen molar-refractivity contribution in [2.45, 2.75) is 13.0 Å². The summed E-state index contributed by atoms with van der Waals surface area (Å²) in [6, 6.07) is 11.5. The van der Waals surface area contributed by atoms with Gasteiger partial charge in [-0.2, -0.15) is 5.26 Å². The van der Waals surface area contributed by atoms with Crippen LogP contribution in [-0.2, 0) is 13.0 Å². The largest absolute Gasteiger partial charge is 0.367 e. The highest BCUT2D eigenvalue weighted by atomic mass is 35.5. The predicted octanol–water partition coefficient (Wildman–Crippen LogP) is 2.47. The van der Waals surface area contributed by atoms with E-state index in [1.165, 1.54) is 11.1 Å². The molecule has 0 amide bonds. The minimum Gasteiger partial charge on any atom is -0.367 e. The highest BCUT2D eigenvalue weighted by Crippen LogP contribution is 2.25. The lowest BCUT2D eigenvalue weighted by molar-refractivity contribution is 0.264. The van der Waals surface area contributed by atoms with Gasteiger partial charge in [0.1, 0.15) is 11.9 Å². The van der Waals surface area contributed by atoms with Crippen LogP contribution in [0.4, 0.5) is 5.82 Å². The zero-order chi connectivity index (χ0) is 15.4. The first-order chi connectivity index (χ1) is 10.8. The van der Waals surface area contributed by atoms with Gasteiger partial charge in [-0.05, 0) is 35.7 Å². The van der Waals surface area contributed by atoms with Crippen molar-refractivity contribution in [2.75, 3.05) is 25.0 Å². The second-order valence-corrected chi connectivity index (χ2v) is 5.65. The molecule has 2 aromatic rings. The minimum atomic E-state index is 0.329. The number of nitrogens with one attached hydrogen (secondary N) is 1. The van der Waals surface area contributed by atoms with Gasteiger partial charge in [-0.1, -0.05) is 23.7 Å². The predicted molar refractivity (Wildman–Crippen MR) is 85.7 cm³/mol. The molecular formula is C16H16ClN5. The quantitative estimate of drug-likeness (QED) is 0.939. The van der Waals surface area contributed by atoms with Gasteiger partial charge in [-0.15, -0.1) is 10.2 Å². The normalized spacial score (nSPS) is 14.2. The van der Waals surface area contributed by atoms with Crippen molar-refractivity contribution >= 4 is 17.4 Å². The Bertz CT molecular complexity index is 693. The van der Waals surface area contributed by atoms with E-state index in [1.807, 2.05) is 18.2 Å². The summed E-state index contributed by atoms with van der Waals surface area (Å²) in [7, 11) is 0. The van der Waals surface area contributed by atoms with E-state index in [0.29, 0.717) is 11.5 Å². The minimum absolute atomic E-state index is 0.329. The lowest BCUT2D eigenvalue weighted by Gasteiger charge is -2.29. The van der Waals surface area contributed by atoms with Gasteiger partial charge in [0.15, 0.2) is 5.69 Å². The van der Waals surface area contributed by atoms with E-state index in [0.717, 1.165) is 37.6 Å². The lowest BCUT2D eigenvalue weighted by Crippen LogP contribution is -2.34. The maximum atomic E-state index is 8.69. The van der Waals surface area contributed by atoms with Crippen molar-refractivity contribution < 1.29 is 0 Å². The van der Waals surface area contributed by atoms with E-state index >= 15 is 0 Å². The van der Waals surface area contributed by atoms with E-state index in [4.69, 9.17) is 16.9 Å². The number of rotatable bonds is 4. The van der Waals surface area contributed by atoms with E-state index in [2.05, 4.69) is 26.5 Å². The maximum Gasteiger partial charge on any atom is 0.163 e. The maximum absolute atomic E-state index is 8.69. The molecule has 6 heteroatoms. The number of fused-ring (bicyclic) bond motifs is 1. The van der Waals surface area contributed by atoms with Gasteiger partial charge in [-0.3, -0.25) is 4.90 Å². The Morgan fingerprint density at radius 2 is 2.18 bits per heavy atom. The van der Waals surface area contributed by atoms with Crippen molar-refractivity contribution in [3.63, 3.8) is 0 Å². The fourth-order valence-electron chi connectivity index (χ4n) is 2.64. The van der Waals surface area contributed by atoms with Crippen molar-refractivity contribution in [1.29, 1.82) is 5.26 Å². The molecule has 3 rings (SSSR count). The van der Waals surface area contributed by atoms with Crippen LogP contribution in [0.15, 0.2) is 30.3 Å². The van der Waals surface area contributed by atoms with Crippen LogP contribution in [0.2, 0.25) is 5.02 Å². The summed E-state index contributed by atoms with van der Waals surface area (Å²) < 4.78 is 0. The highest BCUT2D eigenvalue weighted by Gasteiger charge is 2.17. The summed E-state index contributed by atoms with van der Waals surface area (Å²) in [6.45, 7) is 3.65. The van der Waals surface area contributed by atoms with E-state index in [-0.39, 0.29) is 0 Å². The second kappa shape index (κ2) is 6.73. The molecule has 0 saturated heterocycles. The average molecular weight is 314 g/mol. The Balaban J connectivity index is 1.51. The monoisotopic (exact) mass is 313 g/mol. The van der Waals surface area contributed by atoms with Crippen molar-refractivity contribution in [2.24, 2.45) is 0 Å². The highest BCUT2D eigenvalue weighted by molar-refractivity contribution is 6.31. The zero-order valence-electron chi connectivity index (χ0n) is 12.1. The molecule has 22 heavy (non-hydrogen) atoms. The Kier molecular flexibility index (Phi) is 4.52. The Hall–Kier alpha value is -2.16. The van der Waals surface area contributed by atoms with E-state index < -0.39 is 0 Å². The first-order valence-electron chi connectivity index (χ1n) is 7.22. The molecule has 0 atom stereocenters. The number of hydrogen-bond acceptors (Lipinski definition) is 5. The molecule has 0 spiro atoms. The number of benzene rings is 1. The molecule has 0 unspecified atom stereocenters. The summed E-state index contributed by atoms with van der Waals surface area (Å²) in [4.78, 5) is 2.39. The van der Waals surface area contributed by atoms with Crippen molar-refractivity contribution in [3.05, 3.63) is 52.2 Å². The van der Waals surface area contributed by atoms with E-state index in [9.17, 15) is 0 Å². The molecule has 112 valence electrons. The third-order valence-corrected chi connectivity index (χ3v) is 4.16. The van der Waals surface area contributed by atoms with Crippen LogP contribution in [0.25, 0.3) is 0 Å². The van der Waals surface area contributed by atoms with Gasteiger partial charge in [0, 0.05) is 31.2 Å². The third-order valence-electron chi connectivity index (χ3n) is 3.80. The van der Waals surface area contributed by atoms with Crippen LogP contribution in [0.5, 0.6) is 0 Å². The van der Waals surface area contributed by atoms with Crippen molar-refractivity contribution in [3.8, 4) is 6.07 Å². The van der Waals surface area contributed by atoms with Gasteiger partial charge in [0.25, 0.3) is 0 Å². The fourth-order valence-corrected chi connectivity index (χ4v) is 2.93. The van der Waals surface area contributed by atoms with Gasteiger partial charge in [0.05, 0.1) is 0 Å². The second-order valence-electron chi connectivity index (χ2n) is 5.25. The number of hydrogen-bond donors (Lipinski definition) is 1. The smallest absolute Gasteiger partial charge is 0.163 e. The van der Waals surface area contributed by atoms with Gasteiger partial charge >= 0.3 is 0 Å². The van der Waals surface area contributed by atoms with Crippen LogP contribution < -0.4 is 5.32 Å². The molecule has 0 radical (unpaired) electrons. The number of anilines is 1. The van der Waals surface area contributed by atoms with Crippen LogP contribution in [0.1, 0.15) is 16.8 Å². The first kappa shape index (κ1) is 14.8. The Labute approximate surface area is 134 Å². The van der Waals surface area contributed by atoms with Crippen LogP contribution in [-0.4, -0.2) is 34.7 Å². The summed E-state index contributed by atoms with van der Waals surface area (Å²) in [5.74, 6) is 0.694. The first-order valence-corrected chi connectivity index (χ1v) is 7.60. The summed E-state index contributed by atoms with van der Waals surface area (Å²) in [5.41, 5.74) is 2.93.